The van der Waals surface area contributed by atoms with Crippen LogP contribution in [0.1, 0.15) is 36.6 Å². The lowest BCUT2D eigenvalue weighted by Gasteiger charge is -2.16. The predicted molar refractivity (Wildman–Crippen MR) is 93.7 cm³/mol. The maximum Gasteiger partial charge on any atom is 0.221 e. The molecule has 124 valence electrons. The van der Waals surface area contributed by atoms with Crippen molar-refractivity contribution in [1.29, 1.82) is 5.26 Å². The molecule has 2 rings (SSSR count). The molecular weight excluding hydrogens is 302 g/mol. The maximum atomic E-state index is 11.3. The summed E-state index contributed by atoms with van der Waals surface area (Å²) in [7, 11) is 1.57. The van der Waals surface area contributed by atoms with Gasteiger partial charge in [0.25, 0.3) is 0 Å². The number of nitriles is 1. The van der Waals surface area contributed by atoms with Crippen molar-refractivity contribution >= 4 is 11.6 Å². The summed E-state index contributed by atoms with van der Waals surface area (Å²) < 4.78 is 5.26. The Hall–Kier alpha value is -2.84. The number of rotatable bonds is 6. The summed E-state index contributed by atoms with van der Waals surface area (Å²) in [6.07, 6.45) is 0. The molecule has 0 aliphatic carbocycles. The summed E-state index contributed by atoms with van der Waals surface area (Å²) in [4.78, 5) is 11.3. The molecule has 0 saturated heterocycles. The van der Waals surface area contributed by atoms with E-state index < -0.39 is 0 Å². The van der Waals surface area contributed by atoms with Crippen molar-refractivity contribution in [3.8, 4) is 11.8 Å². The first-order valence-corrected chi connectivity index (χ1v) is 7.71. The van der Waals surface area contributed by atoms with Gasteiger partial charge in [-0.25, -0.2) is 0 Å². The zero-order valence-electron chi connectivity index (χ0n) is 14.1. The lowest BCUT2D eigenvalue weighted by molar-refractivity contribution is -0.114. The van der Waals surface area contributed by atoms with Gasteiger partial charge in [0.05, 0.1) is 24.4 Å². The second-order valence-corrected chi connectivity index (χ2v) is 5.56. The molecule has 2 aromatic rings. The molecular formula is C19H21N3O2. The van der Waals surface area contributed by atoms with Crippen LogP contribution in [-0.4, -0.2) is 13.0 Å². The van der Waals surface area contributed by atoms with E-state index in [1.54, 1.807) is 13.2 Å². The number of amides is 1. The highest BCUT2D eigenvalue weighted by molar-refractivity contribution is 5.90. The van der Waals surface area contributed by atoms with Gasteiger partial charge in [-0.05, 0) is 42.3 Å². The summed E-state index contributed by atoms with van der Waals surface area (Å²) in [6.45, 7) is 4.15. The quantitative estimate of drug-likeness (QED) is 0.854. The SMILES string of the molecule is COc1ccc(CN[C@H](C)c2cccc(C#N)c2)cc1NC(C)=O. The lowest BCUT2D eigenvalue weighted by atomic mass is 10.1. The highest BCUT2D eigenvalue weighted by atomic mass is 16.5. The summed E-state index contributed by atoms with van der Waals surface area (Å²) in [6, 6.07) is 15.5. The number of methoxy groups -OCH3 is 1. The van der Waals surface area contributed by atoms with Gasteiger partial charge in [0.1, 0.15) is 5.75 Å². The number of hydrogen-bond acceptors (Lipinski definition) is 4. The molecule has 0 fully saturated rings. The minimum absolute atomic E-state index is 0.101. The van der Waals surface area contributed by atoms with Crippen molar-refractivity contribution in [2.24, 2.45) is 0 Å². The molecule has 5 heteroatoms. The average Bonchev–Trinajstić information content (AvgIpc) is 2.59. The first-order valence-electron chi connectivity index (χ1n) is 7.71. The Morgan fingerprint density at radius 3 is 2.75 bits per heavy atom. The molecule has 0 spiro atoms. The third kappa shape index (κ3) is 4.58. The van der Waals surface area contributed by atoms with Crippen molar-refractivity contribution in [1.82, 2.24) is 5.32 Å². The molecule has 24 heavy (non-hydrogen) atoms. The van der Waals surface area contributed by atoms with E-state index in [-0.39, 0.29) is 11.9 Å². The van der Waals surface area contributed by atoms with Gasteiger partial charge < -0.3 is 15.4 Å². The molecule has 0 aromatic heterocycles. The van der Waals surface area contributed by atoms with Crippen LogP contribution in [0, 0.1) is 11.3 Å². The Morgan fingerprint density at radius 1 is 1.29 bits per heavy atom. The number of nitrogens with zero attached hydrogens (tertiary/aromatic N) is 1. The van der Waals surface area contributed by atoms with Gasteiger partial charge in [-0.2, -0.15) is 5.26 Å². The smallest absolute Gasteiger partial charge is 0.221 e. The lowest BCUT2D eigenvalue weighted by Crippen LogP contribution is -2.18. The van der Waals surface area contributed by atoms with Gasteiger partial charge in [0.2, 0.25) is 5.91 Å². The van der Waals surface area contributed by atoms with Crippen LogP contribution in [0.3, 0.4) is 0 Å². The van der Waals surface area contributed by atoms with E-state index in [1.165, 1.54) is 6.92 Å². The molecule has 2 N–H and O–H groups in total. The molecule has 5 nitrogen and oxygen atoms in total. The van der Waals surface area contributed by atoms with Crippen molar-refractivity contribution in [3.05, 3.63) is 59.2 Å². The van der Waals surface area contributed by atoms with E-state index >= 15 is 0 Å². The summed E-state index contributed by atoms with van der Waals surface area (Å²) in [5.74, 6) is 0.490. The highest BCUT2D eigenvalue weighted by Gasteiger charge is 2.09. The van der Waals surface area contributed by atoms with Crippen LogP contribution >= 0.6 is 0 Å². The van der Waals surface area contributed by atoms with E-state index in [1.807, 2.05) is 36.4 Å². The van der Waals surface area contributed by atoms with Crippen LogP contribution in [0.25, 0.3) is 0 Å². The topological polar surface area (TPSA) is 74.2 Å². The van der Waals surface area contributed by atoms with Crippen LogP contribution in [0.4, 0.5) is 5.69 Å². The fourth-order valence-corrected chi connectivity index (χ4v) is 2.42. The van der Waals surface area contributed by atoms with E-state index in [4.69, 9.17) is 10.00 Å². The molecule has 1 atom stereocenters. The van der Waals surface area contributed by atoms with Crippen molar-refractivity contribution < 1.29 is 9.53 Å². The molecule has 0 heterocycles. The van der Waals surface area contributed by atoms with E-state index in [9.17, 15) is 4.79 Å². The number of benzene rings is 2. The maximum absolute atomic E-state index is 11.3. The second kappa shape index (κ2) is 8.14. The normalized spacial score (nSPS) is 11.4. The number of carbonyl (C=O) groups excluding carboxylic acids is 1. The number of hydrogen-bond donors (Lipinski definition) is 2. The van der Waals surface area contributed by atoms with Gasteiger partial charge in [0.15, 0.2) is 0 Å². The van der Waals surface area contributed by atoms with Crippen LogP contribution in [0.5, 0.6) is 5.75 Å². The fourth-order valence-electron chi connectivity index (χ4n) is 2.42. The van der Waals surface area contributed by atoms with Gasteiger partial charge in [-0.3, -0.25) is 4.79 Å². The van der Waals surface area contributed by atoms with Crippen molar-refractivity contribution in [2.75, 3.05) is 12.4 Å². The van der Waals surface area contributed by atoms with Crippen molar-refractivity contribution in [3.63, 3.8) is 0 Å². The third-order valence-corrected chi connectivity index (χ3v) is 3.70. The van der Waals surface area contributed by atoms with Crippen LogP contribution in [0.2, 0.25) is 0 Å². The van der Waals surface area contributed by atoms with Gasteiger partial charge >= 0.3 is 0 Å². The molecule has 0 radical (unpaired) electrons. The number of nitrogens with one attached hydrogen (secondary N) is 2. The fraction of sp³-hybridized carbons (Fsp3) is 0.263. The molecule has 0 aliphatic rings. The zero-order chi connectivity index (χ0) is 17.5. The zero-order valence-corrected chi connectivity index (χ0v) is 14.1. The Morgan fingerprint density at radius 2 is 2.08 bits per heavy atom. The van der Waals surface area contributed by atoms with E-state index in [0.717, 1.165) is 11.1 Å². The first-order chi connectivity index (χ1) is 11.5. The second-order valence-electron chi connectivity index (χ2n) is 5.56. The summed E-state index contributed by atoms with van der Waals surface area (Å²) >= 11 is 0. The molecule has 1 amide bonds. The number of ether oxygens (including phenoxy) is 1. The first kappa shape index (κ1) is 17.5. The highest BCUT2D eigenvalue weighted by Crippen LogP contribution is 2.26. The molecule has 0 saturated carbocycles. The molecule has 0 aliphatic heterocycles. The van der Waals surface area contributed by atoms with Gasteiger partial charge in [-0.15, -0.1) is 0 Å². The largest absolute Gasteiger partial charge is 0.495 e. The van der Waals surface area contributed by atoms with Crippen LogP contribution < -0.4 is 15.4 Å². The molecule has 0 unspecified atom stereocenters. The average molecular weight is 323 g/mol. The number of anilines is 1. The van der Waals surface area contributed by atoms with Crippen LogP contribution in [-0.2, 0) is 11.3 Å². The van der Waals surface area contributed by atoms with Crippen LogP contribution in [0.15, 0.2) is 42.5 Å². The Balaban J connectivity index is 2.08. The number of carbonyl (C=O) groups is 1. The minimum atomic E-state index is -0.139. The standard InChI is InChI=1S/C19H21N3O2/c1-13(17-6-4-5-15(9-17)11-20)21-12-16-7-8-19(24-3)18(10-16)22-14(2)23/h4-10,13,21H,12H2,1-3H3,(H,22,23)/t13-/m1/s1. The molecule has 2 aromatic carbocycles. The Kier molecular flexibility index (Phi) is 5.94. The Labute approximate surface area is 142 Å². The third-order valence-electron chi connectivity index (χ3n) is 3.70. The minimum Gasteiger partial charge on any atom is -0.495 e. The monoisotopic (exact) mass is 323 g/mol. The van der Waals surface area contributed by atoms with E-state index in [2.05, 4.69) is 23.6 Å². The predicted octanol–water partition coefficient (Wildman–Crippen LogP) is 3.38. The summed E-state index contributed by atoms with van der Waals surface area (Å²) in [5.41, 5.74) is 3.40. The van der Waals surface area contributed by atoms with Gasteiger partial charge in [-0.1, -0.05) is 18.2 Å². The molecule has 0 bridgehead atoms. The van der Waals surface area contributed by atoms with Gasteiger partial charge in [0, 0.05) is 19.5 Å². The van der Waals surface area contributed by atoms with E-state index in [0.29, 0.717) is 23.5 Å². The Bertz CT molecular complexity index is 765. The summed E-state index contributed by atoms with van der Waals surface area (Å²) in [5, 5.41) is 15.2. The van der Waals surface area contributed by atoms with Crippen molar-refractivity contribution in [2.45, 2.75) is 26.4 Å².